The van der Waals surface area contributed by atoms with Gasteiger partial charge < -0.3 is 18.8 Å². The van der Waals surface area contributed by atoms with Crippen molar-refractivity contribution in [3.05, 3.63) is 83.1 Å². The molecule has 0 saturated carbocycles. The van der Waals surface area contributed by atoms with Gasteiger partial charge in [-0.1, -0.05) is 0 Å². The number of furan rings is 1. The summed E-state index contributed by atoms with van der Waals surface area (Å²) in [6.45, 7) is 3.84. The predicted octanol–water partition coefficient (Wildman–Crippen LogP) is 4.88. The molecule has 1 aliphatic heterocycles. The molecule has 0 amide bonds. The minimum Gasteiger partial charge on any atom is -0.496 e. The maximum atomic E-state index is 13.1. The SMILES string of the molecule is COc1cc(OCc2csc(N3CCN(S(=O)(=O)c4ccc(C#N)cc4)CC3)n2)c2cc(-c3cn4nc(C)ccc4n3)oc2c1. The van der Waals surface area contributed by atoms with Crippen LogP contribution in [0.25, 0.3) is 28.1 Å². The number of thiazole rings is 1. The van der Waals surface area contributed by atoms with Crippen molar-refractivity contribution < 1.29 is 22.3 Å². The third-order valence-corrected chi connectivity index (χ3v) is 10.4. The summed E-state index contributed by atoms with van der Waals surface area (Å²) in [6, 6.07) is 17.4. The van der Waals surface area contributed by atoms with Crippen molar-refractivity contribution in [2.75, 3.05) is 38.2 Å². The number of anilines is 1. The fourth-order valence-corrected chi connectivity index (χ4v) is 7.46. The summed E-state index contributed by atoms with van der Waals surface area (Å²) in [5.41, 5.74) is 4.04. The lowest BCUT2D eigenvalue weighted by Crippen LogP contribution is -2.48. The van der Waals surface area contributed by atoms with Crippen molar-refractivity contribution in [2.45, 2.75) is 18.4 Å². The van der Waals surface area contributed by atoms with Gasteiger partial charge in [-0.3, -0.25) is 0 Å². The second-order valence-corrected chi connectivity index (χ2v) is 13.3. The van der Waals surface area contributed by atoms with Crippen LogP contribution in [0.4, 0.5) is 5.13 Å². The summed E-state index contributed by atoms with van der Waals surface area (Å²) in [5, 5.41) is 17.0. The van der Waals surface area contributed by atoms with Crippen LogP contribution in [-0.2, 0) is 16.6 Å². The van der Waals surface area contributed by atoms with Crippen molar-refractivity contribution in [2.24, 2.45) is 0 Å². The number of aromatic nitrogens is 4. The van der Waals surface area contributed by atoms with Crippen LogP contribution in [0.15, 0.2) is 75.5 Å². The Labute approximate surface area is 262 Å². The molecule has 12 nitrogen and oxygen atoms in total. The molecule has 2 aromatic carbocycles. The fraction of sp³-hybridized carbons (Fsp3) is 0.226. The molecule has 0 aliphatic carbocycles. The zero-order valence-electron chi connectivity index (χ0n) is 24.4. The number of hydrogen-bond donors (Lipinski definition) is 0. The van der Waals surface area contributed by atoms with E-state index in [0.29, 0.717) is 60.3 Å². The number of ether oxygens (including phenoxy) is 2. The van der Waals surface area contributed by atoms with E-state index in [1.807, 2.05) is 54.9 Å². The van der Waals surface area contributed by atoms with E-state index < -0.39 is 10.0 Å². The largest absolute Gasteiger partial charge is 0.496 e. The highest BCUT2D eigenvalue weighted by atomic mass is 32.2. The van der Waals surface area contributed by atoms with Crippen LogP contribution < -0.4 is 14.4 Å². The van der Waals surface area contributed by atoms with Crippen LogP contribution in [0.1, 0.15) is 17.0 Å². The van der Waals surface area contributed by atoms with Gasteiger partial charge in [-0.25, -0.2) is 22.9 Å². The van der Waals surface area contributed by atoms with E-state index in [0.717, 1.165) is 27.6 Å². The number of nitriles is 1. The molecule has 5 heterocycles. The zero-order valence-corrected chi connectivity index (χ0v) is 26.0. The van der Waals surface area contributed by atoms with Gasteiger partial charge in [0.1, 0.15) is 29.4 Å². The first-order chi connectivity index (χ1) is 21.8. The first-order valence-electron chi connectivity index (χ1n) is 14.1. The Bertz CT molecular complexity index is 2170. The Morgan fingerprint density at radius 3 is 2.60 bits per heavy atom. The highest BCUT2D eigenvalue weighted by Crippen LogP contribution is 2.37. The molecule has 4 aromatic heterocycles. The lowest BCUT2D eigenvalue weighted by atomic mass is 10.2. The smallest absolute Gasteiger partial charge is 0.243 e. The van der Waals surface area contributed by atoms with E-state index >= 15 is 0 Å². The van der Waals surface area contributed by atoms with E-state index in [2.05, 4.69) is 15.0 Å². The number of piperazine rings is 1. The summed E-state index contributed by atoms with van der Waals surface area (Å²) < 4.78 is 47.3. The van der Waals surface area contributed by atoms with Crippen LogP contribution in [0.3, 0.4) is 0 Å². The number of fused-ring (bicyclic) bond motifs is 2. The third-order valence-electron chi connectivity index (χ3n) is 7.56. The lowest BCUT2D eigenvalue weighted by molar-refractivity contribution is 0.303. The van der Waals surface area contributed by atoms with Gasteiger partial charge in [0, 0.05) is 43.7 Å². The van der Waals surface area contributed by atoms with Gasteiger partial charge in [0.05, 0.1) is 46.6 Å². The van der Waals surface area contributed by atoms with E-state index in [4.69, 9.17) is 24.1 Å². The van der Waals surface area contributed by atoms with Crippen LogP contribution in [0, 0.1) is 18.3 Å². The minimum atomic E-state index is -3.64. The molecule has 45 heavy (non-hydrogen) atoms. The number of aryl methyl sites for hydroxylation is 1. The second-order valence-electron chi connectivity index (χ2n) is 10.5. The van der Waals surface area contributed by atoms with Crippen LogP contribution >= 0.6 is 11.3 Å². The maximum absolute atomic E-state index is 13.1. The quantitative estimate of drug-likeness (QED) is 0.226. The molecule has 1 aliphatic rings. The van der Waals surface area contributed by atoms with Crippen molar-refractivity contribution in [1.82, 2.24) is 23.9 Å². The number of hydrogen-bond acceptors (Lipinski definition) is 11. The van der Waals surface area contributed by atoms with E-state index in [1.165, 1.54) is 39.9 Å². The number of rotatable bonds is 8. The lowest BCUT2D eigenvalue weighted by Gasteiger charge is -2.33. The number of sulfonamides is 1. The Hall–Kier alpha value is -4.97. The molecule has 7 rings (SSSR count). The molecule has 0 N–H and O–H groups in total. The van der Waals surface area contributed by atoms with E-state index in [9.17, 15) is 8.42 Å². The Kier molecular flexibility index (Phi) is 7.36. The van der Waals surface area contributed by atoms with Gasteiger partial charge in [0.15, 0.2) is 16.5 Å². The zero-order chi connectivity index (χ0) is 31.1. The highest BCUT2D eigenvalue weighted by molar-refractivity contribution is 7.89. The molecule has 0 atom stereocenters. The predicted molar refractivity (Wildman–Crippen MR) is 168 cm³/mol. The number of imidazole rings is 1. The minimum absolute atomic E-state index is 0.186. The molecule has 0 spiro atoms. The highest BCUT2D eigenvalue weighted by Gasteiger charge is 2.29. The van der Waals surface area contributed by atoms with Crippen LogP contribution in [-0.4, -0.2) is 65.6 Å². The van der Waals surface area contributed by atoms with E-state index in [1.54, 1.807) is 11.6 Å². The number of methoxy groups -OCH3 is 1. The van der Waals surface area contributed by atoms with Crippen LogP contribution in [0.2, 0.25) is 0 Å². The van der Waals surface area contributed by atoms with Crippen molar-refractivity contribution in [3.8, 4) is 29.0 Å². The Morgan fingerprint density at radius 2 is 1.84 bits per heavy atom. The molecule has 14 heteroatoms. The normalized spacial score (nSPS) is 14.2. The molecular formula is C31H27N7O5S2. The van der Waals surface area contributed by atoms with Gasteiger partial charge in [-0.2, -0.15) is 14.7 Å². The molecule has 6 aromatic rings. The molecule has 0 radical (unpaired) electrons. The average Bonchev–Trinajstić information content (AvgIpc) is 3.82. The molecule has 0 bridgehead atoms. The molecule has 1 saturated heterocycles. The first-order valence-corrected chi connectivity index (χ1v) is 16.4. The second kappa shape index (κ2) is 11.5. The Morgan fingerprint density at radius 1 is 1.04 bits per heavy atom. The van der Waals surface area contributed by atoms with Gasteiger partial charge in [-0.15, -0.1) is 11.3 Å². The average molecular weight is 642 g/mol. The molecule has 0 unspecified atom stereocenters. The summed E-state index contributed by atoms with van der Waals surface area (Å²) >= 11 is 1.49. The van der Waals surface area contributed by atoms with Crippen molar-refractivity contribution >= 4 is 43.1 Å². The summed E-state index contributed by atoms with van der Waals surface area (Å²) in [6.07, 6.45) is 1.83. The maximum Gasteiger partial charge on any atom is 0.243 e. The van der Waals surface area contributed by atoms with Gasteiger partial charge in [0.25, 0.3) is 0 Å². The molecular weight excluding hydrogens is 615 g/mol. The van der Waals surface area contributed by atoms with E-state index in [-0.39, 0.29) is 11.5 Å². The number of benzene rings is 2. The molecule has 228 valence electrons. The summed E-state index contributed by atoms with van der Waals surface area (Å²) in [5.74, 6) is 1.77. The monoisotopic (exact) mass is 641 g/mol. The van der Waals surface area contributed by atoms with Crippen LogP contribution in [0.5, 0.6) is 11.5 Å². The first kappa shape index (κ1) is 28.8. The Balaban J connectivity index is 1.04. The van der Waals surface area contributed by atoms with Gasteiger partial charge in [-0.05, 0) is 49.4 Å². The topological polar surface area (TPSA) is 139 Å². The fourth-order valence-electron chi connectivity index (χ4n) is 5.17. The summed E-state index contributed by atoms with van der Waals surface area (Å²) in [7, 11) is -2.05. The third kappa shape index (κ3) is 5.57. The van der Waals surface area contributed by atoms with Crippen molar-refractivity contribution in [1.29, 1.82) is 5.26 Å². The standard InChI is InChI=1S/C31H27N7O5S2/c1-20-3-8-30-34-26(17-38(30)35-20)29-15-25-27(13-23(41-2)14-28(25)43-29)42-18-22-19-44-31(33-22)36-9-11-37(12-10-36)45(39,40)24-6-4-21(16-32)5-7-24/h3-8,13-15,17,19H,9-12,18H2,1-2H3. The van der Waals surface area contributed by atoms with Gasteiger partial charge in [0.2, 0.25) is 10.0 Å². The number of nitrogens with zero attached hydrogens (tertiary/aromatic N) is 7. The summed E-state index contributed by atoms with van der Waals surface area (Å²) in [4.78, 5) is 11.7. The van der Waals surface area contributed by atoms with Crippen molar-refractivity contribution in [3.63, 3.8) is 0 Å². The van der Waals surface area contributed by atoms with Gasteiger partial charge >= 0.3 is 0 Å². The molecule has 1 fully saturated rings.